The maximum Gasteiger partial charge on any atom is 0.232 e. The van der Waals surface area contributed by atoms with Crippen LogP contribution in [-0.4, -0.2) is 32.7 Å². The van der Waals surface area contributed by atoms with E-state index in [-0.39, 0.29) is 5.75 Å². The maximum absolute atomic E-state index is 11.7. The Labute approximate surface area is 103 Å². The van der Waals surface area contributed by atoms with Gasteiger partial charge in [-0.15, -0.1) is 0 Å². The van der Waals surface area contributed by atoms with Crippen molar-refractivity contribution in [2.75, 3.05) is 24.1 Å². The van der Waals surface area contributed by atoms with Gasteiger partial charge in [0.2, 0.25) is 10.0 Å². The molecule has 1 aromatic rings. The van der Waals surface area contributed by atoms with Crippen LogP contribution in [0.3, 0.4) is 0 Å². The van der Waals surface area contributed by atoms with Crippen LogP contribution in [0.15, 0.2) is 18.3 Å². The highest BCUT2D eigenvalue weighted by molar-refractivity contribution is 7.92. The number of pyridine rings is 1. The molecule has 0 aromatic carbocycles. The second-order valence-electron chi connectivity index (χ2n) is 3.92. The Morgan fingerprint density at radius 3 is 2.76 bits per heavy atom. The standard InChI is InChI=1S/C11H19N3O2S/c1-10-9-11(5-7-13-10)14-17(15,16)8-4-3-6-12-2/h5,7,9,12H,3-4,6,8H2,1-2H3,(H,13,14). The second kappa shape index (κ2) is 6.56. The van der Waals surface area contributed by atoms with E-state index in [0.717, 1.165) is 18.7 Å². The SMILES string of the molecule is CNCCCCS(=O)(=O)Nc1ccnc(C)c1. The van der Waals surface area contributed by atoms with Gasteiger partial charge in [-0.3, -0.25) is 9.71 Å². The summed E-state index contributed by atoms with van der Waals surface area (Å²) < 4.78 is 26.0. The van der Waals surface area contributed by atoms with Crippen LogP contribution in [0.4, 0.5) is 5.69 Å². The van der Waals surface area contributed by atoms with Crippen LogP contribution in [0, 0.1) is 6.92 Å². The Morgan fingerprint density at radius 2 is 2.12 bits per heavy atom. The van der Waals surface area contributed by atoms with Crippen molar-refractivity contribution in [1.82, 2.24) is 10.3 Å². The smallest absolute Gasteiger partial charge is 0.232 e. The molecular weight excluding hydrogens is 238 g/mol. The minimum atomic E-state index is -3.24. The predicted octanol–water partition coefficient (Wildman–Crippen LogP) is 1.13. The van der Waals surface area contributed by atoms with Gasteiger partial charge in [-0.25, -0.2) is 8.42 Å². The number of unbranched alkanes of at least 4 members (excludes halogenated alkanes) is 1. The highest BCUT2D eigenvalue weighted by Gasteiger charge is 2.09. The van der Waals surface area contributed by atoms with Gasteiger partial charge in [-0.2, -0.15) is 0 Å². The van der Waals surface area contributed by atoms with E-state index in [4.69, 9.17) is 0 Å². The van der Waals surface area contributed by atoms with Crippen LogP contribution in [0.5, 0.6) is 0 Å². The van der Waals surface area contributed by atoms with E-state index in [9.17, 15) is 8.42 Å². The Morgan fingerprint density at radius 1 is 1.35 bits per heavy atom. The molecule has 0 saturated carbocycles. The molecule has 96 valence electrons. The minimum Gasteiger partial charge on any atom is -0.320 e. The molecule has 0 unspecified atom stereocenters. The van der Waals surface area contributed by atoms with E-state index in [1.807, 2.05) is 14.0 Å². The average Bonchev–Trinajstić information content (AvgIpc) is 2.24. The molecular formula is C11H19N3O2S. The van der Waals surface area contributed by atoms with E-state index in [1.54, 1.807) is 18.3 Å². The monoisotopic (exact) mass is 257 g/mol. The van der Waals surface area contributed by atoms with Gasteiger partial charge in [0.15, 0.2) is 0 Å². The zero-order valence-corrected chi connectivity index (χ0v) is 11.0. The van der Waals surface area contributed by atoms with Crippen LogP contribution in [-0.2, 0) is 10.0 Å². The van der Waals surface area contributed by atoms with Gasteiger partial charge >= 0.3 is 0 Å². The van der Waals surface area contributed by atoms with Crippen molar-refractivity contribution in [3.63, 3.8) is 0 Å². The average molecular weight is 257 g/mol. The van der Waals surface area contributed by atoms with Crippen LogP contribution < -0.4 is 10.0 Å². The largest absolute Gasteiger partial charge is 0.320 e. The molecule has 0 spiro atoms. The van der Waals surface area contributed by atoms with Crippen LogP contribution in [0.25, 0.3) is 0 Å². The zero-order valence-electron chi connectivity index (χ0n) is 10.2. The Bertz CT molecular complexity index is 446. The number of nitrogens with zero attached hydrogens (tertiary/aromatic N) is 1. The molecule has 0 aliphatic heterocycles. The maximum atomic E-state index is 11.7. The van der Waals surface area contributed by atoms with Crippen LogP contribution >= 0.6 is 0 Å². The molecule has 0 radical (unpaired) electrons. The fraction of sp³-hybridized carbons (Fsp3) is 0.545. The molecule has 6 heteroatoms. The predicted molar refractivity (Wildman–Crippen MR) is 69.5 cm³/mol. The van der Waals surface area contributed by atoms with Gasteiger partial charge in [0.25, 0.3) is 0 Å². The lowest BCUT2D eigenvalue weighted by molar-refractivity contribution is 0.595. The van der Waals surface area contributed by atoms with Gasteiger partial charge in [-0.05, 0) is 45.5 Å². The lowest BCUT2D eigenvalue weighted by atomic mass is 10.3. The molecule has 0 aliphatic carbocycles. The van der Waals surface area contributed by atoms with Crippen molar-refractivity contribution in [2.24, 2.45) is 0 Å². The molecule has 0 atom stereocenters. The molecule has 0 bridgehead atoms. The Hall–Kier alpha value is -1.14. The first-order chi connectivity index (χ1) is 8.03. The summed E-state index contributed by atoms with van der Waals surface area (Å²) in [5.41, 5.74) is 1.37. The topological polar surface area (TPSA) is 71.1 Å². The zero-order chi connectivity index (χ0) is 12.7. The first-order valence-corrected chi connectivity index (χ1v) is 7.26. The van der Waals surface area contributed by atoms with E-state index in [0.29, 0.717) is 12.1 Å². The summed E-state index contributed by atoms with van der Waals surface area (Å²) >= 11 is 0. The van der Waals surface area contributed by atoms with Crippen molar-refractivity contribution in [3.05, 3.63) is 24.0 Å². The lowest BCUT2D eigenvalue weighted by Gasteiger charge is -2.08. The van der Waals surface area contributed by atoms with E-state index in [1.165, 1.54) is 0 Å². The molecule has 0 fully saturated rings. The number of hydrogen-bond acceptors (Lipinski definition) is 4. The number of sulfonamides is 1. The van der Waals surface area contributed by atoms with E-state index >= 15 is 0 Å². The Kier molecular flexibility index (Phi) is 5.37. The number of nitrogens with one attached hydrogen (secondary N) is 2. The van der Waals surface area contributed by atoms with Crippen molar-refractivity contribution in [2.45, 2.75) is 19.8 Å². The van der Waals surface area contributed by atoms with Crippen molar-refractivity contribution in [1.29, 1.82) is 0 Å². The third kappa shape index (κ3) is 5.65. The summed E-state index contributed by atoms with van der Waals surface area (Å²) in [6, 6.07) is 3.36. The van der Waals surface area contributed by atoms with Gasteiger partial charge in [-0.1, -0.05) is 0 Å². The molecule has 17 heavy (non-hydrogen) atoms. The van der Waals surface area contributed by atoms with Gasteiger partial charge in [0, 0.05) is 11.9 Å². The van der Waals surface area contributed by atoms with E-state index < -0.39 is 10.0 Å². The van der Waals surface area contributed by atoms with E-state index in [2.05, 4.69) is 15.0 Å². The van der Waals surface area contributed by atoms with Crippen LogP contribution in [0.2, 0.25) is 0 Å². The summed E-state index contributed by atoms with van der Waals surface area (Å²) in [5, 5.41) is 2.99. The highest BCUT2D eigenvalue weighted by Crippen LogP contribution is 2.10. The van der Waals surface area contributed by atoms with Crippen molar-refractivity contribution in [3.8, 4) is 0 Å². The number of hydrogen-bond donors (Lipinski definition) is 2. The Balaban J connectivity index is 2.49. The molecule has 1 rings (SSSR count). The molecule has 2 N–H and O–H groups in total. The molecule has 0 aliphatic rings. The quantitative estimate of drug-likeness (QED) is 0.718. The first-order valence-electron chi connectivity index (χ1n) is 5.61. The van der Waals surface area contributed by atoms with Crippen molar-refractivity contribution >= 4 is 15.7 Å². The summed E-state index contributed by atoms with van der Waals surface area (Å²) in [7, 11) is -1.38. The highest BCUT2D eigenvalue weighted by atomic mass is 32.2. The fourth-order valence-electron chi connectivity index (χ4n) is 1.43. The first kappa shape index (κ1) is 13.9. The van der Waals surface area contributed by atoms with Crippen molar-refractivity contribution < 1.29 is 8.42 Å². The minimum absolute atomic E-state index is 0.149. The second-order valence-corrected chi connectivity index (χ2v) is 5.76. The summed E-state index contributed by atoms with van der Waals surface area (Å²) in [5.74, 6) is 0.149. The summed E-state index contributed by atoms with van der Waals surface area (Å²) in [6.45, 7) is 2.66. The summed E-state index contributed by atoms with van der Waals surface area (Å²) in [6.07, 6.45) is 3.10. The molecule has 1 aromatic heterocycles. The normalized spacial score (nSPS) is 11.4. The fourth-order valence-corrected chi connectivity index (χ4v) is 2.61. The number of rotatable bonds is 7. The molecule has 1 heterocycles. The lowest BCUT2D eigenvalue weighted by Crippen LogP contribution is -2.18. The molecule has 5 nitrogen and oxygen atoms in total. The third-order valence-corrected chi connectivity index (χ3v) is 3.63. The number of aromatic nitrogens is 1. The van der Waals surface area contributed by atoms with Gasteiger partial charge in [0.05, 0.1) is 11.4 Å². The molecule has 0 saturated heterocycles. The van der Waals surface area contributed by atoms with Gasteiger partial charge in [0.1, 0.15) is 0 Å². The number of anilines is 1. The summed E-state index contributed by atoms with van der Waals surface area (Å²) in [4.78, 5) is 4.01. The molecule has 0 amide bonds. The number of aryl methyl sites for hydroxylation is 1. The third-order valence-electron chi connectivity index (χ3n) is 2.26. The van der Waals surface area contributed by atoms with Gasteiger partial charge < -0.3 is 5.32 Å². The van der Waals surface area contributed by atoms with Crippen LogP contribution in [0.1, 0.15) is 18.5 Å².